The molecule has 1 fully saturated rings. The highest BCUT2D eigenvalue weighted by molar-refractivity contribution is 5.51. The minimum Gasteiger partial charge on any atom is -0.366 e. The Morgan fingerprint density at radius 3 is 2.78 bits per heavy atom. The smallest absolute Gasteiger partial charge is 0.133 e. The molecule has 0 radical (unpaired) electrons. The van der Waals surface area contributed by atoms with Crippen LogP contribution in [0.25, 0.3) is 0 Å². The van der Waals surface area contributed by atoms with Crippen LogP contribution in [0.4, 0.5) is 11.6 Å². The molecule has 0 saturated heterocycles. The maximum atomic E-state index is 4.70. The van der Waals surface area contributed by atoms with Crippen LogP contribution in [0.5, 0.6) is 0 Å². The van der Waals surface area contributed by atoms with Crippen LogP contribution in [-0.2, 0) is 19.5 Å². The molecule has 0 atom stereocenters. The third-order valence-corrected chi connectivity index (χ3v) is 5.44. The lowest BCUT2D eigenvalue weighted by atomic mass is 9.99. The van der Waals surface area contributed by atoms with Crippen LogP contribution in [0.1, 0.15) is 41.1 Å². The van der Waals surface area contributed by atoms with E-state index in [9.17, 15) is 0 Å². The Balaban J connectivity index is 1.33. The Kier molecular flexibility index (Phi) is 4.20. The number of anilines is 2. The lowest BCUT2D eigenvalue weighted by Crippen LogP contribution is -2.32. The summed E-state index contributed by atoms with van der Waals surface area (Å²) in [5.41, 5.74) is 5.21. The van der Waals surface area contributed by atoms with Gasteiger partial charge in [-0.3, -0.25) is 0 Å². The molecule has 27 heavy (non-hydrogen) atoms. The first kappa shape index (κ1) is 16.2. The van der Waals surface area contributed by atoms with Gasteiger partial charge in [-0.1, -0.05) is 30.3 Å². The number of nitrogens with one attached hydrogen (secondary N) is 1. The summed E-state index contributed by atoms with van der Waals surface area (Å²) in [6.45, 7) is 2.63. The average molecular weight is 357 g/mol. The van der Waals surface area contributed by atoms with Crippen molar-refractivity contribution in [2.45, 2.75) is 38.3 Å². The number of benzene rings is 1. The van der Waals surface area contributed by atoms with E-state index in [1.165, 1.54) is 29.5 Å². The fourth-order valence-corrected chi connectivity index (χ4v) is 3.79. The zero-order chi connectivity index (χ0) is 18.1. The number of nitrogens with zero attached hydrogens (tertiary/aromatic N) is 4. The molecule has 5 rings (SSSR count). The van der Waals surface area contributed by atoms with Crippen molar-refractivity contribution in [1.29, 1.82) is 0 Å². The van der Waals surface area contributed by atoms with E-state index in [2.05, 4.69) is 56.6 Å². The maximum Gasteiger partial charge on any atom is 0.133 e. The highest BCUT2D eigenvalue weighted by atomic mass is 15.2. The predicted molar refractivity (Wildman–Crippen MR) is 107 cm³/mol. The minimum atomic E-state index is 0.635. The summed E-state index contributed by atoms with van der Waals surface area (Å²) in [6.07, 6.45) is 7.12. The largest absolute Gasteiger partial charge is 0.366 e. The van der Waals surface area contributed by atoms with E-state index in [1.807, 2.05) is 12.3 Å². The molecule has 1 aliphatic carbocycles. The summed E-state index contributed by atoms with van der Waals surface area (Å²) < 4.78 is 0. The highest BCUT2D eigenvalue weighted by Gasteiger charge is 2.25. The standard InChI is InChI=1S/C22H23N5/c1-2-5-19-14-27(11-9-16(19)4-1)22-18(6-3-10-23-22)13-24-21-12-20(17-7-8-17)25-15-26-21/h1-6,10,12,15,17H,7-9,11,13-14H2,(H,24,25,26). The third kappa shape index (κ3) is 3.50. The Hall–Kier alpha value is -2.95. The lowest BCUT2D eigenvalue weighted by molar-refractivity contribution is 0.716. The van der Waals surface area contributed by atoms with Crippen molar-refractivity contribution in [3.63, 3.8) is 0 Å². The maximum absolute atomic E-state index is 4.70. The molecule has 0 unspecified atom stereocenters. The minimum absolute atomic E-state index is 0.635. The molecular formula is C22H23N5. The number of hydrogen-bond acceptors (Lipinski definition) is 5. The Labute approximate surface area is 159 Å². The summed E-state index contributed by atoms with van der Waals surface area (Å²) in [5, 5.41) is 3.46. The summed E-state index contributed by atoms with van der Waals surface area (Å²) >= 11 is 0. The molecule has 3 heterocycles. The second kappa shape index (κ2) is 6.99. The summed E-state index contributed by atoms with van der Waals surface area (Å²) in [5.74, 6) is 2.59. The number of fused-ring (bicyclic) bond motifs is 1. The fourth-order valence-electron chi connectivity index (χ4n) is 3.79. The van der Waals surface area contributed by atoms with Crippen LogP contribution < -0.4 is 10.2 Å². The van der Waals surface area contributed by atoms with Gasteiger partial charge in [-0.15, -0.1) is 0 Å². The zero-order valence-corrected chi connectivity index (χ0v) is 15.3. The van der Waals surface area contributed by atoms with E-state index in [0.29, 0.717) is 12.5 Å². The first-order valence-electron chi connectivity index (χ1n) is 9.68. The van der Waals surface area contributed by atoms with Gasteiger partial charge in [0, 0.05) is 49.1 Å². The van der Waals surface area contributed by atoms with Crippen LogP contribution in [0, 0.1) is 0 Å². The monoisotopic (exact) mass is 357 g/mol. The topological polar surface area (TPSA) is 53.9 Å². The fraction of sp³-hybridized carbons (Fsp3) is 0.318. The molecule has 3 aromatic rings. The van der Waals surface area contributed by atoms with Gasteiger partial charge in [0.2, 0.25) is 0 Å². The van der Waals surface area contributed by atoms with Crippen molar-refractivity contribution in [1.82, 2.24) is 15.0 Å². The molecule has 136 valence electrons. The molecule has 0 amide bonds. The van der Waals surface area contributed by atoms with Gasteiger partial charge in [0.05, 0.1) is 0 Å². The molecular weight excluding hydrogens is 334 g/mol. The van der Waals surface area contributed by atoms with E-state index < -0.39 is 0 Å². The SMILES string of the molecule is c1ccc2c(c1)CCN(c1ncccc1CNc1cc(C3CC3)ncn1)C2. The van der Waals surface area contributed by atoms with Gasteiger partial charge < -0.3 is 10.2 Å². The van der Waals surface area contributed by atoms with Crippen molar-refractivity contribution >= 4 is 11.6 Å². The van der Waals surface area contributed by atoms with Gasteiger partial charge in [0.15, 0.2) is 0 Å². The van der Waals surface area contributed by atoms with Crippen LogP contribution >= 0.6 is 0 Å². The average Bonchev–Trinajstić information content (AvgIpc) is 3.58. The molecule has 5 nitrogen and oxygen atoms in total. The van der Waals surface area contributed by atoms with Crippen LogP contribution in [-0.4, -0.2) is 21.5 Å². The van der Waals surface area contributed by atoms with E-state index in [1.54, 1.807) is 6.33 Å². The first-order valence-corrected chi connectivity index (χ1v) is 9.68. The molecule has 1 N–H and O–H groups in total. The second-order valence-corrected chi connectivity index (χ2v) is 7.38. The molecule has 0 spiro atoms. The summed E-state index contributed by atoms with van der Waals surface area (Å²) in [4.78, 5) is 15.9. The molecule has 1 saturated carbocycles. The van der Waals surface area contributed by atoms with Gasteiger partial charge in [0.1, 0.15) is 18.0 Å². The lowest BCUT2D eigenvalue weighted by Gasteiger charge is -2.31. The Morgan fingerprint density at radius 2 is 1.89 bits per heavy atom. The third-order valence-electron chi connectivity index (χ3n) is 5.44. The van der Waals surface area contributed by atoms with E-state index in [4.69, 9.17) is 4.98 Å². The van der Waals surface area contributed by atoms with Crippen LogP contribution in [0.2, 0.25) is 0 Å². The van der Waals surface area contributed by atoms with E-state index >= 15 is 0 Å². The zero-order valence-electron chi connectivity index (χ0n) is 15.3. The van der Waals surface area contributed by atoms with Crippen LogP contribution in [0.3, 0.4) is 0 Å². The normalized spacial score (nSPS) is 16.1. The number of aromatic nitrogens is 3. The molecule has 2 aliphatic rings. The van der Waals surface area contributed by atoms with E-state index in [-0.39, 0.29) is 0 Å². The quantitative estimate of drug-likeness (QED) is 0.750. The highest BCUT2D eigenvalue weighted by Crippen LogP contribution is 2.39. The summed E-state index contributed by atoms with van der Waals surface area (Å²) in [6, 6.07) is 15.0. The molecule has 5 heteroatoms. The van der Waals surface area contributed by atoms with Crippen molar-refractivity contribution in [2.75, 3.05) is 16.8 Å². The van der Waals surface area contributed by atoms with Crippen LogP contribution in [0.15, 0.2) is 55.0 Å². The number of rotatable bonds is 5. The van der Waals surface area contributed by atoms with Gasteiger partial charge in [-0.2, -0.15) is 0 Å². The van der Waals surface area contributed by atoms with Gasteiger partial charge in [-0.25, -0.2) is 15.0 Å². The number of hydrogen-bond donors (Lipinski definition) is 1. The summed E-state index contributed by atoms with van der Waals surface area (Å²) in [7, 11) is 0. The first-order chi connectivity index (χ1) is 13.4. The van der Waals surface area contributed by atoms with Crippen molar-refractivity contribution in [3.05, 3.63) is 77.4 Å². The Morgan fingerprint density at radius 1 is 1.00 bits per heavy atom. The molecule has 2 aromatic heterocycles. The van der Waals surface area contributed by atoms with Gasteiger partial charge in [-0.05, 0) is 36.5 Å². The van der Waals surface area contributed by atoms with Crippen molar-refractivity contribution < 1.29 is 0 Å². The predicted octanol–water partition coefficient (Wildman–Crippen LogP) is 3.92. The van der Waals surface area contributed by atoms with Gasteiger partial charge >= 0.3 is 0 Å². The molecule has 1 aromatic carbocycles. The Bertz CT molecular complexity index is 951. The van der Waals surface area contributed by atoms with Gasteiger partial charge in [0.25, 0.3) is 0 Å². The molecule has 0 bridgehead atoms. The second-order valence-electron chi connectivity index (χ2n) is 7.38. The van der Waals surface area contributed by atoms with Crippen molar-refractivity contribution in [2.24, 2.45) is 0 Å². The van der Waals surface area contributed by atoms with E-state index in [0.717, 1.165) is 36.8 Å². The van der Waals surface area contributed by atoms with Crippen molar-refractivity contribution in [3.8, 4) is 0 Å². The number of pyridine rings is 1. The molecule has 1 aliphatic heterocycles.